The summed E-state index contributed by atoms with van der Waals surface area (Å²) in [5, 5.41) is 10.8. The van der Waals surface area contributed by atoms with Crippen molar-refractivity contribution < 1.29 is 4.79 Å². The van der Waals surface area contributed by atoms with Gasteiger partial charge in [-0.1, -0.05) is 25.0 Å². The molecule has 3 rings (SSSR count). The molecule has 0 unspecified atom stereocenters. The Kier molecular flexibility index (Phi) is 6.64. The summed E-state index contributed by atoms with van der Waals surface area (Å²) in [4.78, 5) is 21.1. The molecule has 1 aromatic carbocycles. The summed E-state index contributed by atoms with van der Waals surface area (Å²) in [5.41, 5.74) is 4.34. The van der Waals surface area contributed by atoms with Gasteiger partial charge in [-0.3, -0.25) is 15.2 Å². The van der Waals surface area contributed by atoms with Crippen molar-refractivity contribution >= 4 is 39.3 Å². The molecule has 1 fully saturated rings. The molecular formula is C19H19BrClN5O. The predicted molar refractivity (Wildman–Crippen MR) is 107 cm³/mol. The highest BCUT2D eigenvalue weighted by Gasteiger charge is 2.23. The number of halogens is 2. The Morgan fingerprint density at radius 3 is 2.89 bits per heavy atom. The third-order valence-electron chi connectivity index (χ3n) is 4.58. The summed E-state index contributed by atoms with van der Waals surface area (Å²) < 4.78 is 0.620. The number of anilines is 1. The van der Waals surface area contributed by atoms with Gasteiger partial charge in [0.15, 0.2) is 5.82 Å². The first-order chi connectivity index (χ1) is 13.1. The second kappa shape index (κ2) is 9.16. The molecule has 1 aliphatic carbocycles. The molecule has 1 N–H and O–H groups in total. The molecule has 0 spiro atoms. The molecule has 27 heavy (non-hydrogen) atoms. The highest BCUT2D eigenvalue weighted by molar-refractivity contribution is 9.10. The van der Waals surface area contributed by atoms with E-state index >= 15 is 0 Å². The number of alkyl halides is 1. The van der Waals surface area contributed by atoms with Gasteiger partial charge in [0.25, 0.3) is 5.91 Å². The number of hydrogen-bond acceptors (Lipinski definition) is 5. The number of nitriles is 1. The first-order valence-corrected chi connectivity index (χ1v) is 10.1. The van der Waals surface area contributed by atoms with Crippen LogP contribution < -0.4 is 10.4 Å². The number of rotatable bonds is 6. The highest BCUT2D eigenvalue weighted by atomic mass is 79.9. The minimum Gasteiger partial charge on any atom is -0.267 e. The standard InChI is InChI=1S/C19H19BrClN5O/c20-16-11-23-17(10-22)24-18(16)26(12-13-4-1-2-5-13)25-19(27)15-7-3-6-14(8-15)9-21/h3,6-8,11,13H,1-2,4-5,9,12H2,(H,25,27). The van der Waals surface area contributed by atoms with E-state index in [9.17, 15) is 4.79 Å². The Labute approximate surface area is 171 Å². The molecule has 1 heterocycles. The van der Waals surface area contributed by atoms with Crippen LogP contribution in [0, 0.1) is 17.2 Å². The average Bonchev–Trinajstić information content (AvgIpc) is 3.21. The maximum atomic E-state index is 12.8. The zero-order valence-electron chi connectivity index (χ0n) is 14.7. The van der Waals surface area contributed by atoms with E-state index in [0.29, 0.717) is 34.2 Å². The number of carbonyl (C=O) groups is 1. The Bertz CT molecular complexity index is 863. The van der Waals surface area contributed by atoms with Crippen molar-refractivity contribution in [3.8, 4) is 6.07 Å². The lowest BCUT2D eigenvalue weighted by molar-refractivity contribution is 0.0946. The molecule has 1 aliphatic rings. The van der Waals surface area contributed by atoms with E-state index in [0.717, 1.165) is 18.4 Å². The number of hydrogen-bond donors (Lipinski definition) is 1. The largest absolute Gasteiger partial charge is 0.269 e. The number of benzene rings is 1. The molecule has 1 aromatic heterocycles. The van der Waals surface area contributed by atoms with Crippen molar-refractivity contribution in [1.82, 2.24) is 15.4 Å². The first kappa shape index (κ1) is 19.6. The van der Waals surface area contributed by atoms with Crippen LogP contribution in [0.25, 0.3) is 0 Å². The lowest BCUT2D eigenvalue weighted by atomic mass is 10.1. The Hall–Kier alpha value is -2.17. The minimum atomic E-state index is -0.246. The van der Waals surface area contributed by atoms with Crippen molar-refractivity contribution in [1.29, 1.82) is 5.26 Å². The van der Waals surface area contributed by atoms with E-state index in [1.54, 1.807) is 17.1 Å². The fourth-order valence-electron chi connectivity index (χ4n) is 3.22. The van der Waals surface area contributed by atoms with Crippen molar-refractivity contribution in [2.75, 3.05) is 11.6 Å². The summed E-state index contributed by atoms with van der Waals surface area (Å²) in [6.07, 6.45) is 6.14. The van der Waals surface area contributed by atoms with Gasteiger partial charge in [-0.25, -0.2) is 4.98 Å². The normalized spacial score (nSPS) is 14.0. The van der Waals surface area contributed by atoms with Crippen LogP contribution in [0.4, 0.5) is 5.82 Å². The third-order valence-corrected chi connectivity index (χ3v) is 5.44. The predicted octanol–water partition coefficient (Wildman–Crippen LogP) is 4.19. The van der Waals surface area contributed by atoms with Gasteiger partial charge in [0.1, 0.15) is 6.07 Å². The lowest BCUT2D eigenvalue weighted by Gasteiger charge is -2.27. The summed E-state index contributed by atoms with van der Waals surface area (Å²) in [5.74, 6) is 1.10. The fraction of sp³-hybridized carbons (Fsp3) is 0.368. The van der Waals surface area contributed by atoms with Crippen molar-refractivity contribution in [2.45, 2.75) is 31.6 Å². The topological polar surface area (TPSA) is 81.9 Å². The van der Waals surface area contributed by atoms with Crippen LogP contribution in [0.5, 0.6) is 0 Å². The van der Waals surface area contributed by atoms with Gasteiger partial charge in [-0.05, 0) is 52.4 Å². The van der Waals surface area contributed by atoms with Gasteiger partial charge in [0, 0.05) is 24.2 Å². The van der Waals surface area contributed by atoms with Crippen molar-refractivity contribution in [3.63, 3.8) is 0 Å². The molecule has 2 aromatic rings. The molecule has 8 heteroatoms. The number of hydrazine groups is 1. The van der Waals surface area contributed by atoms with Crippen LogP contribution >= 0.6 is 27.5 Å². The van der Waals surface area contributed by atoms with Gasteiger partial charge in [0.05, 0.1) is 4.47 Å². The minimum absolute atomic E-state index is 0.0583. The third kappa shape index (κ3) is 4.96. The molecule has 140 valence electrons. The quantitative estimate of drug-likeness (QED) is 0.529. The van der Waals surface area contributed by atoms with E-state index in [1.165, 1.54) is 19.0 Å². The summed E-state index contributed by atoms with van der Waals surface area (Å²) >= 11 is 9.31. The monoisotopic (exact) mass is 447 g/mol. The number of aromatic nitrogens is 2. The number of nitrogens with zero attached hydrogens (tertiary/aromatic N) is 4. The van der Waals surface area contributed by atoms with Crippen LogP contribution in [0.3, 0.4) is 0 Å². The number of amides is 1. The van der Waals surface area contributed by atoms with Crippen molar-refractivity contribution in [3.05, 3.63) is 51.9 Å². The van der Waals surface area contributed by atoms with Gasteiger partial charge < -0.3 is 0 Å². The van der Waals surface area contributed by atoms with Crippen LogP contribution in [0.2, 0.25) is 0 Å². The molecule has 6 nitrogen and oxygen atoms in total. The van der Waals surface area contributed by atoms with Gasteiger partial charge in [0.2, 0.25) is 5.82 Å². The van der Waals surface area contributed by atoms with Gasteiger partial charge in [-0.15, -0.1) is 11.6 Å². The molecule has 0 bridgehead atoms. The van der Waals surface area contributed by atoms with Crippen LogP contribution in [0.15, 0.2) is 34.9 Å². The SMILES string of the molecule is N#Cc1ncc(Br)c(N(CC2CCCC2)NC(=O)c2cccc(CCl)c2)n1. The van der Waals surface area contributed by atoms with Gasteiger partial charge in [-0.2, -0.15) is 10.2 Å². The molecule has 0 atom stereocenters. The summed E-state index contributed by atoms with van der Waals surface area (Å²) in [7, 11) is 0. The first-order valence-electron chi connectivity index (χ1n) is 8.76. The Balaban J connectivity index is 1.87. The molecular weight excluding hydrogens is 430 g/mol. The zero-order chi connectivity index (χ0) is 19.2. The van der Waals surface area contributed by atoms with Crippen LogP contribution in [0.1, 0.15) is 47.4 Å². The van der Waals surface area contributed by atoms with E-state index in [4.69, 9.17) is 16.9 Å². The molecule has 0 aliphatic heterocycles. The summed E-state index contributed by atoms with van der Waals surface area (Å²) in [6.45, 7) is 0.626. The van der Waals surface area contributed by atoms with E-state index < -0.39 is 0 Å². The van der Waals surface area contributed by atoms with Crippen LogP contribution in [-0.2, 0) is 5.88 Å². The average molecular weight is 449 g/mol. The molecule has 1 saturated carbocycles. The maximum absolute atomic E-state index is 12.8. The van der Waals surface area contributed by atoms with E-state index in [2.05, 4.69) is 31.3 Å². The number of nitrogens with one attached hydrogen (secondary N) is 1. The van der Waals surface area contributed by atoms with E-state index in [1.807, 2.05) is 18.2 Å². The van der Waals surface area contributed by atoms with Crippen molar-refractivity contribution in [2.24, 2.45) is 5.92 Å². The lowest BCUT2D eigenvalue weighted by Crippen LogP contribution is -2.45. The molecule has 0 saturated heterocycles. The molecule has 0 radical (unpaired) electrons. The molecule has 1 amide bonds. The van der Waals surface area contributed by atoms with Crippen LogP contribution in [-0.4, -0.2) is 22.4 Å². The maximum Gasteiger partial charge on any atom is 0.269 e. The highest BCUT2D eigenvalue weighted by Crippen LogP contribution is 2.29. The van der Waals surface area contributed by atoms with Gasteiger partial charge >= 0.3 is 0 Å². The Morgan fingerprint density at radius 2 is 2.19 bits per heavy atom. The number of carbonyl (C=O) groups excluding carboxylic acids is 1. The zero-order valence-corrected chi connectivity index (χ0v) is 17.0. The summed E-state index contributed by atoms with van der Waals surface area (Å²) in [6, 6.07) is 9.14. The second-order valence-electron chi connectivity index (χ2n) is 6.51. The smallest absolute Gasteiger partial charge is 0.267 e. The fourth-order valence-corrected chi connectivity index (χ4v) is 3.79. The second-order valence-corrected chi connectivity index (χ2v) is 7.63. The Morgan fingerprint density at radius 1 is 1.41 bits per heavy atom. The van der Waals surface area contributed by atoms with E-state index in [-0.39, 0.29) is 11.7 Å².